The first-order chi connectivity index (χ1) is 13.5. The molecule has 0 aliphatic rings. The van der Waals surface area contributed by atoms with Gasteiger partial charge in [-0.3, -0.25) is 9.79 Å². The minimum absolute atomic E-state index is 0. The van der Waals surface area contributed by atoms with Gasteiger partial charge < -0.3 is 25.1 Å². The van der Waals surface area contributed by atoms with E-state index in [2.05, 4.69) is 33.1 Å². The smallest absolute Gasteiger partial charge is 0.287 e. The predicted octanol–water partition coefficient (Wildman–Crippen LogP) is 3.40. The normalized spacial score (nSPS) is 10.8. The van der Waals surface area contributed by atoms with Crippen LogP contribution in [0.3, 0.4) is 0 Å². The minimum Gasteiger partial charge on any atom is -0.494 e. The highest BCUT2D eigenvalue weighted by atomic mass is 127. The summed E-state index contributed by atoms with van der Waals surface area (Å²) in [6, 6.07) is 7.95. The van der Waals surface area contributed by atoms with Crippen LogP contribution in [-0.4, -0.2) is 38.6 Å². The average molecular weight is 514 g/mol. The topological polar surface area (TPSA) is 87.9 Å². The molecule has 3 N–H and O–H groups in total. The Morgan fingerprint density at radius 2 is 1.90 bits per heavy atom. The van der Waals surface area contributed by atoms with Gasteiger partial charge in [-0.2, -0.15) is 0 Å². The number of nitrogens with one attached hydrogen (secondary N) is 3. The van der Waals surface area contributed by atoms with Gasteiger partial charge in [0.15, 0.2) is 11.7 Å². The zero-order valence-corrected chi connectivity index (χ0v) is 19.8. The molecule has 160 valence electrons. The Bertz CT molecular complexity index is 805. The number of amides is 1. The summed E-state index contributed by atoms with van der Waals surface area (Å²) < 4.78 is 10.9. The summed E-state index contributed by atoms with van der Waals surface area (Å²) in [6.45, 7) is 8.36. The van der Waals surface area contributed by atoms with Crippen LogP contribution in [-0.2, 0) is 6.54 Å². The molecule has 1 aromatic heterocycles. The molecule has 2 rings (SSSR count). The van der Waals surface area contributed by atoms with Gasteiger partial charge in [-0.15, -0.1) is 24.0 Å². The van der Waals surface area contributed by atoms with Crippen LogP contribution in [0.1, 0.15) is 40.6 Å². The maximum atomic E-state index is 12.0. The molecule has 0 aliphatic carbocycles. The molecule has 0 saturated carbocycles. The van der Waals surface area contributed by atoms with Crippen molar-refractivity contribution in [2.75, 3.05) is 26.7 Å². The summed E-state index contributed by atoms with van der Waals surface area (Å²) in [7, 11) is 1.73. The lowest BCUT2D eigenvalue weighted by Gasteiger charge is -2.15. The number of rotatable bonds is 9. The van der Waals surface area contributed by atoms with Crippen molar-refractivity contribution in [3.05, 3.63) is 53.0 Å². The van der Waals surface area contributed by atoms with Crippen LogP contribution in [0.5, 0.6) is 5.75 Å². The van der Waals surface area contributed by atoms with Gasteiger partial charge in [0.1, 0.15) is 5.75 Å². The third kappa shape index (κ3) is 7.96. The lowest BCUT2D eigenvalue weighted by atomic mass is 10.1. The lowest BCUT2D eigenvalue weighted by molar-refractivity contribution is 0.0925. The number of ether oxygens (including phenoxy) is 1. The highest BCUT2D eigenvalue weighted by molar-refractivity contribution is 14.0. The lowest BCUT2D eigenvalue weighted by Crippen LogP contribution is -2.38. The van der Waals surface area contributed by atoms with Crippen molar-refractivity contribution in [1.29, 1.82) is 0 Å². The molecule has 2 aromatic rings. The van der Waals surface area contributed by atoms with Crippen molar-refractivity contribution in [3.8, 4) is 5.75 Å². The quantitative estimate of drug-likeness (QED) is 0.207. The molecule has 29 heavy (non-hydrogen) atoms. The number of nitrogens with zero attached hydrogens (tertiary/aromatic N) is 1. The zero-order chi connectivity index (χ0) is 20.4. The number of aliphatic imine (C=N–C) groups is 1. The molecule has 0 bridgehead atoms. The maximum Gasteiger partial charge on any atom is 0.287 e. The minimum atomic E-state index is -0.187. The van der Waals surface area contributed by atoms with Crippen molar-refractivity contribution in [3.63, 3.8) is 0 Å². The summed E-state index contributed by atoms with van der Waals surface area (Å²) in [6.07, 6.45) is 2.29. The Labute approximate surface area is 189 Å². The fraction of sp³-hybridized carbons (Fsp3) is 0.429. The molecule has 8 heteroatoms. The van der Waals surface area contributed by atoms with E-state index in [0.717, 1.165) is 23.3 Å². The number of guanidine groups is 1. The molecule has 0 saturated heterocycles. The Morgan fingerprint density at radius 3 is 2.55 bits per heavy atom. The van der Waals surface area contributed by atoms with E-state index in [4.69, 9.17) is 9.15 Å². The number of carbonyl (C=O) groups is 1. The number of furan rings is 1. The molecule has 1 aromatic carbocycles. The Morgan fingerprint density at radius 1 is 1.14 bits per heavy atom. The fourth-order valence-electron chi connectivity index (χ4n) is 2.68. The van der Waals surface area contributed by atoms with Crippen LogP contribution >= 0.6 is 24.0 Å². The van der Waals surface area contributed by atoms with Gasteiger partial charge in [-0.05, 0) is 44.9 Å². The van der Waals surface area contributed by atoms with Crippen LogP contribution < -0.4 is 20.7 Å². The molecular weight excluding hydrogens is 483 g/mol. The highest BCUT2D eigenvalue weighted by Gasteiger charge is 2.11. The summed E-state index contributed by atoms with van der Waals surface area (Å²) in [5.74, 6) is 1.78. The molecule has 0 radical (unpaired) electrons. The second kappa shape index (κ2) is 13.1. The summed E-state index contributed by atoms with van der Waals surface area (Å²) in [5, 5.41) is 9.39. The van der Waals surface area contributed by atoms with Crippen LogP contribution in [0.2, 0.25) is 0 Å². The summed E-state index contributed by atoms with van der Waals surface area (Å²) in [5.41, 5.74) is 3.08. The van der Waals surface area contributed by atoms with Crippen molar-refractivity contribution in [2.45, 2.75) is 33.7 Å². The molecule has 1 heterocycles. The highest BCUT2D eigenvalue weighted by Crippen LogP contribution is 2.20. The van der Waals surface area contributed by atoms with E-state index in [1.807, 2.05) is 26.8 Å². The number of hydrogen-bond acceptors (Lipinski definition) is 4. The molecular formula is C21H31IN4O3. The van der Waals surface area contributed by atoms with Crippen molar-refractivity contribution < 1.29 is 13.9 Å². The second-order valence-corrected chi connectivity index (χ2v) is 6.44. The molecule has 0 spiro atoms. The first-order valence-electron chi connectivity index (χ1n) is 9.54. The Kier molecular flexibility index (Phi) is 11.2. The molecule has 0 fully saturated rings. The SMILES string of the molecule is CCOc1cc(C)ccc1CNC(=NC)NCCCNC(=O)c1occc1C.I. The molecule has 0 unspecified atom stereocenters. The van der Waals surface area contributed by atoms with Crippen molar-refractivity contribution in [2.24, 2.45) is 4.99 Å². The molecule has 7 nitrogen and oxygen atoms in total. The van der Waals surface area contributed by atoms with Crippen molar-refractivity contribution >= 4 is 35.8 Å². The zero-order valence-electron chi connectivity index (χ0n) is 17.5. The molecule has 0 atom stereocenters. The van der Waals surface area contributed by atoms with Crippen LogP contribution in [0.15, 0.2) is 39.9 Å². The van der Waals surface area contributed by atoms with Crippen LogP contribution in [0.25, 0.3) is 0 Å². The average Bonchev–Trinajstić information content (AvgIpc) is 3.11. The Hall–Kier alpha value is -2.23. The van der Waals surface area contributed by atoms with Crippen LogP contribution in [0, 0.1) is 13.8 Å². The second-order valence-electron chi connectivity index (χ2n) is 6.44. The van der Waals surface area contributed by atoms with E-state index in [-0.39, 0.29) is 29.9 Å². The van der Waals surface area contributed by atoms with E-state index in [9.17, 15) is 4.79 Å². The number of benzene rings is 1. The van der Waals surface area contributed by atoms with Gasteiger partial charge in [0.25, 0.3) is 5.91 Å². The summed E-state index contributed by atoms with van der Waals surface area (Å²) >= 11 is 0. The van der Waals surface area contributed by atoms with E-state index >= 15 is 0 Å². The van der Waals surface area contributed by atoms with Gasteiger partial charge in [0.05, 0.1) is 12.9 Å². The van der Waals surface area contributed by atoms with E-state index in [1.54, 1.807) is 13.1 Å². The number of halogens is 1. The standard InChI is InChI=1S/C21H30N4O3.HI/c1-5-27-18-13-15(2)7-8-17(18)14-25-21(22-4)24-11-6-10-23-20(26)19-16(3)9-12-28-19;/h7-9,12-13H,5-6,10-11,14H2,1-4H3,(H,23,26)(H2,22,24,25);1H. The fourth-order valence-corrected chi connectivity index (χ4v) is 2.68. The monoisotopic (exact) mass is 514 g/mol. The van der Waals surface area contributed by atoms with Crippen LogP contribution in [0.4, 0.5) is 0 Å². The molecule has 0 aliphatic heterocycles. The number of hydrogen-bond donors (Lipinski definition) is 3. The maximum absolute atomic E-state index is 12.0. The van der Waals surface area contributed by atoms with Gasteiger partial charge in [0.2, 0.25) is 0 Å². The predicted molar refractivity (Wildman–Crippen MR) is 126 cm³/mol. The van der Waals surface area contributed by atoms with E-state index in [1.165, 1.54) is 11.8 Å². The van der Waals surface area contributed by atoms with E-state index < -0.39 is 0 Å². The molecule has 1 amide bonds. The van der Waals surface area contributed by atoms with Gasteiger partial charge in [-0.1, -0.05) is 12.1 Å². The Balaban J connectivity index is 0.00000420. The first-order valence-corrected chi connectivity index (χ1v) is 9.54. The van der Waals surface area contributed by atoms with E-state index in [0.29, 0.717) is 38.0 Å². The number of aryl methyl sites for hydroxylation is 2. The van der Waals surface area contributed by atoms with Gasteiger partial charge >= 0.3 is 0 Å². The third-order valence-corrected chi connectivity index (χ3v) is 4.19. The number of carbonyl (C=O) groups excluding carboxylic acids is 1. The first kappa shape index (κ1) is 24.8. The third-order valence-electron chi connectivity index (χ3n) is 4.19. The van der Waals surface area contributed by atoms with Gasteiger partial charge in [0, 0.05) is 37.8 Å². The van der Waals surface area contributed by atoms with Gasteiger partial charge in [-0.25, -0.2) is 0 Å². The largest absolute Gasteiger partial charge is 0.494 e. The van der Waals surface area contributed by atoms with Crippen molar-refractivity contribution in [1.82, 2.24) is 16.0 Å². The summed E-state index contributed by atoms with van der Waals surface area (Å²) in [4.78, 5) is 16.2.